The third-order valence-electron chi connectivity index (χ3n) is 4.31. The van der Waals surface area contributed by atoms with E-state index in [1.54, 1.807) is 61.7 Å². The van der Waals surface area contributed by atoms with Crippen LogP contribution in [-0.4, -0.2) is 44.7 Å². The summed E-state index contributed by atoms with van der Waals surface area (Å²) in [4.78, 5) is 36.4. The molecule has 2 amide bonds. The first kappa shape index (κ1) is 25.5. The van der Waals surface area contributed by atoms with Crippen molar-refractivity contribution in [3.05, 3.63) is 65.4 Å². The summed E-state index contributed by atoms with van der Waals surface area (Å²) in [6, 6.07) is 13.7. The lowest BCUT2D eigenvalue weighted by Crippen LogP contribution is -2.36. The molecule has 0 fully saturated rings. The number of hydrogen-bond donors (Lipinski definition) is 2. The lowest BCUT2D eigenvalue weighted by Gasteiger charge is -2.12. The zero-order chi connectivity index (χ0) is 24.2. The summed E-state index contributed by atoms with van der Waals surface area (Å²) in [5, 5.41) is 5.29. The van der Waals surface area contributed by atoms with E-state index in [4.69, 9.17) is 14.2 Å². The van der Waals surface area contributed by atoms with Gasteiger partial charge in [0.1, 0.15) is 23.8 Å². The second kappa shape index (κ2) is 12.9. The van der Waals surface area contributed by atoms with Gasteiger partial charge in [-0.3, -0.25) is 14.4 Å². The third kappa shape index (κ3) is 9.06. The molecule has 0 saturated heterocycles. The van der Waals surface area contributed by atoms with E-state index >= 15 is 0 Å². The molecule has 8 nitrogen and oxygen atoms in total. The van der Waals surface area contributed by atoms with E-state index in [2.05, 4.69) is 24.5 Å². The van der Waals surface area contributed by atoms with Gasteiger partial charge in [0, 0.05) is 12.5 Å². The number of esters is 1. The Hall–Kier alpha value is -3.81. The van der Waals surface area contributed by atoms with Crippen molar-refractivity contribution in [1.29, 1.82) is 0 Å². The number of ether oxygens (including phenoxy) is 3. The van der Waals surface area contributed by atoms with Crippen molar-refractivity contribution in [1.82, 2.24) is 10.6 Å². The van der Waals surface area contributed by atoms with Crippen molar-refractivity contribution in [2.24, 2.45) is 5.92 Å². The fourth-order valence-electron chi connectivity index (χ4n) is 2.64. The summed E-state index contributed by atoms with van der Waals surface area (Å²) < 4.78 is 15.6. The molecule has 176 valence electrons. The van der Waals surface area contributed by atoms with Gasteiger partial charge in [-0.25, -0.2) is 0 Å². The van der Waals surface area contributed by atoms with E-state index in [1.165, 1.54) is 6.92 Å². The van der Waals surface area contributed by atoms with Gasteiger partial charge < -0.3 is 24.8 Å². The molecule has 2 N–H and O–H groups in total. The molecule has 2 aromatic carbocycles. The maximum atomic E-state index is 12.8. The molecule has 2 rings (SSSR count). The van der Waals surface area contributed by atoms with Crippen LogP contribution in [0.3, 0.4) is 0 Å². The second-order valence-electron chi connectivity index (χ2n) is 7.61. The molecule has 0 unspecified atom stereocenters. The highest BCUT2D eigenvalue weighted by atomic mass is 16.5. The number of benzene rings is 2. The number of nitrogens with one attached hydrogen (secondary N) is 2. The van der Waals surface area contributed by atoms with Crippen LogP contribution in [0.5, 0.6) is 11.5 Å². The molecule has 0 aliphatic rings. The molecular formula is C25H30N2O6. The minimum atomic E-state index is -0.511. The molecule has 0 bridgehead atoms. The number of rotatable bonds is 11. The van der Waals surface area contributed by atoms with Crippen LogP contribution in [0.25, 0.3) is 6.08 Å². The highest BCUT2D eigenvalue weighted by molar-refractivity contribution is 6.05. The maximum absolute atomic E-state index is 12.8. The summed E-state index contributed by atoms with van der Waals surface area (Å²) >= 11 is 0. The summed E-state index contributed by atoms with van der Waals surface area (Å²) in [6.45, 7) is 6.11. The van der Waals surface area contributed by atoms with Gasteiger partial charge in [0.2, 0.25) is 0 Å². The highest BCUT2D eigenvalue weighted by Crippen LogP contribution is 2.15. The van der Waals surface area contributed by atoms with Crippen LogP contribution < -0.4 is 20.1 Å². The van der Waals surface area contributed by atoms with Crippen molar-refractivity contribution in [3.8, 4) is 11.5 Å². The Morgan fingerprint density at radius 2 is 1.61 bits per heavy atom. The Bertz CT molecular complexity index is 965. The van der Waals surface area contributed by atoms with E-state index in [1.807, 2.05) is 0 Å². The van der Waals surface area contributed by atoms with E-state index in [-0.39, 0.29) is 18.8 Å². The predicted octanol–water partition coefficient (Wildman–Crippen LogP) is 3.18. The monoisotopic (exact) mass is 454 g/mol. The summed E-state index contributed by atoms with van der Waals surface area (Å²) in [7, 11) is 1.56. The lowest BCUT2D eigenvalue weighted by atomic mass is 10.1. The van der Waals surface area contributed by atoms with Crippen molar-refractivity contribution < 1.29 is 28.6 Å². The molecule has 33 heavy (non-hydrogen) atoms. The number of carbonyl (C=O) groups is 3. The summed E-state index contributed by atoms with van der Waals surface area (Å²) in [5.74, 6) is 0.328. The van der Waals surface area contributed by atoms with E-state index in [9.17, 15) is 14.4 Å². The Morgan fingerprint density at radius 1 is 0.970 bits per heavy atom. The molecule has 0 heterocycles. The van der Waals surface area contributed by atoms with Crippen LogP contribution in [0.2, 0.25) is 0 Å². The lowest BCUT2D eigenvalue weighted by molar-refractivity contribution is -0.141. The maximum Gasteiger partial charge on any atom is 0.302 e. The van der Waals surface area contributed by atoms with Gasteiger partial charge >= 0.3 is 5.97 Å². The van der Waals surface area contributed by atoms with Gasteiger partial charge in [-0.15, -0.1) is 0 Å². The summed E-state index contributed by atoms with van der Waals surface area (Å²) in [6.07, 6.45) is 1.55. The number of hydrogen-bond acceptors (Lipinski definition) is 6. The van der Waals surface area contributed by atoms with E-state index in [0.717, 1.165) is 0 Å². The topological polar surface area (TPSA) is 103 Å². The minimum Gasteiger partial charge on any atom is -0.497 e. The highest BCUT2D eigenvalue weighted by Gasteiger charge is 2.15. The first-order valence-electron chi connectivity index (χ1n) is 10.6. The van der Waals surface area contributed by atoms with Crippen molar-refractivity contribution in [2.45, 2.75) is 20.8 Å². The standard InChI is InChI=1S/C25H30N2O6/c1-17(2)16-33-22-11-7-20(8-12-22)24(29)27-23(25(30)26-13-14-32-18(3)28)15-19-5-9-21(31-4)10-6-19/h5-12,15,17H,13-14,16H2,1-4H3,(H,26,30)(H,27,29). The van der Waals surface area contributed by atoms with Crippen molar-refractivity contribution in [3.63, 3.8) is 0 Å². The molecule has 0 atom stereocenters. The fourth-order valence-corrected chi connectivity index (χ4v) is 2.64. The Labute approximate surface area is 193 Å². The van der Waals surface area contributed by atoms with Gasteiger partial charge in [0.15, 0.2) is 0 Å². The molecule has 0 saturated carbocycles. The van der Waals surface area contributed by atoms with Gasteiger partial charge in [-0.2, -0.15) is 0 Å². The summed E-state index contributed by atoms with van der Waals surface area (Å²) in [5.41, 5.74) is 1.12. The normalized spacial score (nSPS) is 11.0. The molecule has 0 radical (unpaired) electrons. The van der Waals surface area contributed by atoms with Crippen LogP contribution in [0, 0.1) is 5.92 Å². The van der Waals surface area contributed by atoms with E-state index < -0.39 is 17.8 Å². The Morgan fingerprint density at radius 3 is 2.18 bits per heavy atom. The van der Waals surface area contributed by atoms with Gasteiger partial charge in [0.05, 0.1) is 20.3 Å². The Kier molecular flexibility index (Phi) is 9.95. The van der Waals surface area contributed by atoms with Crippen LogP contribution in [-0.2, 0) is 14.3 Å². The van der Waals surface area contributed by atoms with Gasteiger partial charge in [-0.05, 0) is 54.0 Å². The first-order valence-corrected chi connectivity index (χ1v) is 10.6. The molecule has 8 heteroatoms. The number of amides is 2. The zero-order valence-corrected chi connectivity index (χ0v) is 19.3. The average molecular weight is 455 g/mol. The average Bonchev–Trinajstić information content (AvgIpc) is 2.80. The van der Waals surface area contributed by atoms with Crippen molar-refractivity contribution in [2.75, 3.05) is 26.9 Å². The van der Waals surface area contributed by atoms with Crippen LogP contribution >= 0.6 is 0 Å². The van der Waals surface area contributed by atoms with Crippen molar-refractivity contribution >= 4 is 23.9 Å². The van der Waals surface area contributed by atoms with Crippen LogP contribution in [0.1, 0.15) is 36.7 Å². The fraction of sp³-hybridized carbons (Fsp3) is 0.320. The SMILES string of the molecule is COc1ccc(C=C(NC(=O)c2ccc(OCC(C)C)cc2)C(=O)NCCOC(C)=O)cc1. The van der Waals surface area contributed by atoms with E-state index in [0.29, 0.717) is 35.2 Å². The molecule has 0 aliphatic heterocycles. The predicted molar refractivity (Wildman–Crippen MR) is 125 cm³/mol. The molecule has 2 aromatic rings. The largest absolute Gasteiger partial charge is 0.497 e. The minimum absolute atomic E-state index is 0.0304. The Balaban J connectivity index is 2.14. The smallest absolute Gasteiger partial charge is 0.302 e. The third-order valence-corrected chi connectivity index (χ3v) is 4.31. The number of carbonyl (C=O) groups excluding carboxylic acids is 3. The first-order chi connectivity index (χ1) is 15.8. The molecule has 0 aliphatic carbocycles. The molecule has 0 spiro atoms. The number of methoxy groups -OCH3 is 1. The van der Waals surface area contributed by atoms with Crippen LogP contribution in [0.15, 0.2) is 54.2 Å². The van der Waals surface area contributed by atoms with Gasteiger partial charge in [0.25, 0.3) is 11.8 Å². The zero-order valence-electron chi connectivity index (χ0n) is 19.3. The molecule has 0 aromatic heterocycles. The second-order valence-corrected chi connectivity index (χ2v) is 7.61. The molecular weight excluding hydrogens is 424 g/mol. The quantitative estimate of drug-likeness (QED) is 0.307. The van der Waals surface area contributed by atoms with Crippen LogP contribution in [0.4, 0.5) is 0 Å². The van der Waals surface area contributed by atoms with Gasteiger partial charge in [-0.1, -0.05) is 26.0 Å².